The van der Waals surface area contributed by atoms with Gasteiger partial charge in [-0.25, -0.2) is 9.59 Å². The maximum atomic E-state index is 13.9. The highest BCUT2D eigenvalue weighted by molar-refractivity contribution is 9.10. The van der Waals surface area contributed by atoms with Gasteiger partial charge in [-0.3, -0.25) is 9.69 Å². The first-order chi connectivity index (χ1) is 21.9. The molecule has 0 unspecified atom stereocenters. The third kappa shape index (κ3) is 7.56. The lowest BCUT2D eigenvalue weighted by atomic mass is 10.0. The molecule has 0 spiro atoms. The molecular formula is C33H43BrN6O5. The predicted octanol–water partition coefficient (Wildman–Crippen LogP) is 3.65. The zero-order valence-corrected chi connectivity index (χ0v) is 27.2. The molecule has 3 fully saturated rings. The number of benzene rings is 2. The first-order valence-corrected chi connectivity index (χ1v) is 17.0. The minimum atomic E-state index is -0.975. The minimum absolute atomic E-state index is 0.0205. The normalized spacial score (nSPS) is 21.1. The van der Waals surface area contributed by atoms with Crippen molar-refractivity contribution in [2.75, 3.05) is 64.2 Å². The van der Waals surface area contributed by atoms with Crippen LogP contribution in [0.3, 0.4) is 0 Å². The average Bonchev–Trinajstić information content (AvgIpc) is 3.24. The van der Waals surface area contributed by atoms with Gasteiger partial charge in [-0.05, 0) is 77.4 Å². The van der Waals surface area contributed by atoms with Crippen molar-refractivity contribution in [3.63, 3.8) is 0 Å². The van der Waals surface area contributed by atoms with Gasteiger partial charge in [-0.1, -0.05) is 24.3 Å². The summed E-state index contributed by atoms with van der Waals surface area (Å²) in [6.07, 6.45) is 2.60. The van der Waals surface area contributed by atoms with E-state index in [9.17, 15) is 19.5 Å². The van der Waals surface area contributed by atoms with E-state index in [0.29, 0.717) is 56.1 Å². The molecule has 4 aliphatic rings. The number of piperidine rings is 2. The minimum Gasteiger partial charge on any atom is -0.507 e. The number of ether oxygens (including phenoxy) is 1. The Balaban J connectivity index is 1.07. The molecule has 45 heavy (non-hydrogen) atoms. The molecule has 4 heterocycles. The van der Waals surface area contributed by atoms with Gasteiger partial charge in [0.2, 0.25) is 0 Å². The maximum absolute atomic E-state index is 13.9. The number of para-hydroxylation sites is 1. The van der Waals surface area contributed by atoms with Crippen molar-refractivity contribution >= 4 is 39.6 Å². The van der Waals surface area contributed by atoms with Crippen LogP contribution >= 0.6 is 15.9 Å². The largest absolute Gasteiger partial charge is 0.507 e. The van der Waals surface area contributed by atoms with Crippen LogP contribution < -0.4 is 10.6 Å². The highest BCUT2D eigenvalue weighted by Crippen LogP contribution is 2.28. The molecule has 6 rings (SSSR count). The van der Waals surface area contributed by atoms with Gasteiger partial charge in [-0.15, -0.1) is 0 Å². The second kappa shape index (κ2) is 14.4. The summed E-state index contributed by atoms with van der Waals surface area (Å²) in [6, 6.07) is 13.3. The third-order valence-corrected chi connectivity index (χ3v) is 10.3. The molecule has 0 aromatic heterocycles. The number of nitrogens with zero attached hydrogens (tertiary/aromatic N) is 4. The van der Waals surface area contributed by atoms with Crippen LogP contribution in [0.5, 0.6) is 5.75 Å². The van der Waals surface area contributed by atoms with Gasteiger partial charge < -0.3 is 35.2 Å². The number of phenolic OH excluding ortho intramolecular Hbond substituents is 1. The third-order valence-electron chi connectivity index (χ3n) is 9.70. The Hall–Kier alpha value is -3.35. The van der Waals surface area contributed by atoms with E-state index in [1.807, 2.05) is 34.1 Å². The summed E-state index contributed by atoms with van der Waals surface area (Å²) in [5.41, 5.74) is 2.77. The van der Waals surface area contributed by atoms with Gasteiger partial charge in [0.1, 0.15) is 5.75 Å². The number of amides is 4. The highest BCUT2D eigenvalue weighted by Gasteiger charge is 2.36. The number of halogens is 1. The molecule has 3 N–H and O–H groups in total. The number of aromatic hydroxyl groups is 1. The Bertz CT molecular complexity index is 1370. The number of nitrogens with one attached hydrogen (secondary N) is 2. The number of likely N-dealkylation sites (tertiary alicyclic amines) is 2. The zero-order valence-electron chi connectivity index (χ0n) is 25.6. The Morgan fingerprint density at radius 1 is 0.911 bits per heavy atom. The van der Waals surface area contributed by atoms with Gasteiger partial charge in [0.25, 0.3) is 5.91 Å². The smallest absolute Gasteiger partial charge is 0.410 e. The molecule has 0 bridgehead atoms. The van der Waals surface area contributed by atoms with E-state index in [1.54, 1.807) is 23.1 Å². The Labute approximate surface area is 273 Å². The number of carbonyl (C=O) groups excluding carboxylic acids is 3. The molecular weight excluding hydrogens is 640 g/mol. The fourth-order valence-electron chi connectivity index (χ4n) is 7.07. The number of hydrogen-bond acceptors (Lipinski definition) is 7. The van der Waals surface area contributed by atoms with Crippen LogP contribution in [0.25, 0.3) is 0 Å². The number of phenols is 1. The fourth-order valence-corrected chi connectivity index (χ4v) is 7.49. The molecule has 0 radical (unpaired) electrons. The lowest BCUT2D eigenvalue weighted by molar-refractivity contribution is -0.142. The summed E-state index contributed by atoms with van der Waals surface area (Å²) in [4.78, 5) is 48.3. The highest BCUT2D eigenvalue weighted by atomic mass is 79.9. The van der Waals surface area contributed by atoms with Crippen LogP contribution in [0, 0.1) is 0 Å². The van der Waals surface area contributed by atoms with Crippen molar-refractivity contribution in [1.82, 2.24) is 24.9 Å². The number of urea groups is 1. The van der Waals surface area contributed by atoms with Crippen LogP contribution in [-0.2, 0) is 22.4 Å². The van der Waals surface area contributed by atoms with E-state index < -0.39 is 12.2 Å². The van der Waals surface area contributed by atoms with Crippen LogP contribution in [-0.4, -0.2) is 120 Å². The summed E-state index contributed by atoms with van der Waals surface area (Å²) in [7, 11) is 0. The van der Waals surface area contributed by atoms with Crippen molar-refractivity contribution in [3.05, 3.63) is 58.1 Å². The molecule has 2 aromatic rings. The Morgan fingerprint density at radius 3 is 2.33 bits per heavy atom. The van der Waals surface area contributed by atoms with Crippen molar-refractivity contribution in [3.8, 4) is 5.75 Å². The molecule has 0 saturated carbocycles. The lowest BCUT2D eigenvalue weighted by Crippen LogP contribution is -2.54. The van der Waals surface area contributed by atoms with Crippen LogP contribution in [0.1, 0.15) is 36.8 Å². The standard InChI is InChI=1S/C33H43BrN6O5/c34-27-21-23(5-6-29(27)41)22-30(31(42)38-14-8-25(9-15-38)37-19-12-35-13-20-37)45-33(44)39-16-10-26(11-17-39)40-18-7-24-3-1-2-4-28(24)36-32(40)43/h1-6,21,25-26,30,35,41H,7-20,22H2,(H,36,43)/t30-/m1/s1. The number of carbonyl (C=O) groups is 3. The monoisotopic (exact) mass is 682 g/mol. The second-order valence-electron chi connectivity index (χ2n) is 12.5. The van der Waals surface area contributed by atoms with E-state index in [-0.39, 0.29) is 30.2 Å². The quantitative estimate of drug-likeness (QED) is 0.426. The second-order valence-corrected chi connectivity index (χ2v) is 13.3. The molecule has 3 saturated heterocycles. The van der Waals surface area contributed by atoms with Crippen LogP contribution in [0.4, 0.5) is 15.3 Å². The van der Waals surface area contributed by atoms with Crippen LogP contribution in [0.15, 0.2) is 46.9 Å². The SMILES string of the molecule is O=C(O[C@H](Cc1ccc(O)c(Br)c1)C(=O)N1CCC(N2CCNCC2)CC1)N1CCC(N2CCc3ccccc3NC2=O)CC1. The number of hydrogen-bond donors (Lipinski definition) is 3. The summed E-state index contributed by atoms with van der Waals surface area (Å²) in [5.74, 6) is -0.0690. The van der Waals surface area contributed by atoms with Crippen LogP contribution in [0.2, 0.25) is 0 Å². The lowest BCUT2D eigenvalue weighted by Gasteiger charge is -2.41. The molecule has 12 heteroatoms. The van der Waals surface area contributed by atoms with Gasteiger partial charge in [0.05, 0.1) is 4.47 Å². The Morgan fingerprint density at radius 2 is 1.60 bits per heavy atom. The zero-order chi connectivity index (χ0) is 31.3. The molecule has 4 amide bonds. The number of piperazine rings is 1. The van der Waals surface area contributed by atoms with Crippen molar-refractivity contribution in [2.24, 2.45) is 0 Å². The predicted molar refractivity (Wildman–Crippen MR) is 174 cm³/mol. The fraction of sp³-hybridized carbons (Fsp3) is 0.545. The number of anilines is 1. The molecule has 0 aliphatic carbocycles. The molecule has 1 atom stereocenters. The summed E-state index contributed by atoms with van der Waals surface area (Å²) in [6.45, 7) is 6.84. The van der Waals surface area contributed by atoms with Gasteiger partial charge in [0.15, 0.2) is 6.10 Å². The molecule has 2 aromatic carbocycles. The number of rotatable bonds is 6. The average molecular weight is 684 g/mol. The molecule has 11 nitrogen and oxygen atoms in total. The van der Waals surface area contributed by atoms with Crippen molar-refractivity contribution < 1.29 is 24.2 Å². The number of fused-ring (bicyclic) bond motifs is 1. The summed E-state index contributed by atoms with van der Waals surface area (Å²) >= 11 is 3.36. The molecule has 242 valence electrons. The van der Waals surface area contributed by atoms with Gasteiger partial charge in [0, 0.05) is 83.1 Å². The van der Waals surface area contributed by atoms with Gasteiger partial charge >= 0.3 is 12.1 Å². The van der Waals surface area contributed by atoms with E-state index in [2.05, 4.69) is 31.5 Å². The van der Waals surface area contributed by atoms with E-state index >= 15 is 0 Å². The summed E-state index contributed by atoms with van der Waals surface area (Å²) < 4.78 is 6.52. The molecule has 4 aliphatic heterocycles. The first kappa shape index (κ1) is 31.6. The first-order valence-electron chi connectivity index (χ1n) is 16.2. The topological polar surface area (TPSA) is 118 Å². The Kier molecular flexibility index (Phi) is 10.1. The van der Waals surface area contributed by atoms with E-state index in [4.69, 9.17) is 4.74 Å². The van der Waals surface area contributed by atoms with Gasteiger partial charge in [-0.2, -0.15) is 0 Å². The summed E-state index contributed by atoms with van der Waals surface area (Å²) in [5, 5.41) is 16.4. The maximum Gasteiger partial charge on any atom is 0.410 e. The van der Waals surface area contributed by atoms with E-state index in [0.717, 1.165) is 62.3 Å². The van der Waals surface area contributed by atoms with Crippen molar-refractivity contribution in [1.29, 1.82) is 0 Å². The van der Waals surface area contributed by atoms with Crippen molar-refractivity contribution in [2.45, 2.75) is 56.7 Å². The van der Waals surface area contributed by atoms with E-state index in [1.165, 1.54) is 0 Å².